The zero-order valence-electron chi connectivity index (χ0n) is 20.9. The molecular formula is C28H28N4O4S. The summed E-state index contributed by atoms with van der Waals surface area (Å²) in [6, 6.07) is 23.2. The Labute approximate surface area is 220 Å². The topological polar surface area (TPSA) is 87.5 Å². The molecule has 0 aliphatic carbocycles. The first-order chi connectivity index (χ1) is 18.0. The van der Waals surface area contributed by atoms with Crippen LogP contribution in [0.4, 0.5) is 5.69 Å². The molecule has 1 aliphatic heterocycles. The number of para-hydroxylation sites is 1. The SMILES string of the molecule is CC(C)c1ccc(OC(C)c2nnc(SCC(=O)Nc3ccc4c(c3)OCO4)n2-c2ccccc2)cc1. The minimum Gasteiger partial charge on any atom is -0.483 e. The normalized spacial score (nSPS) is 13.0. The number of nitrogens with one attached hydrogen (secondary N) is 1. The maximum atomic E-state index is 12.7. The predicted octanol–water partition coefficient (Wildman–Crippen LogP) is 5.99. The van der Waals surface area contributed by atoms with Gasteiger partial charge < -0.3 is 19.5 Å². The molecule has 5 rings (SSSR count). The van der Waals surface area contributed by atoms with E-state index in [0.29, 0.717) is 34.1 Å². The summed E-state index contributed by atoms with van der Waals surface area (Å²) in [5, 5.41) is 12.3. The van der Waals surface area contributed by atoms with Crippen LogP contribution in [-0.4, -0.2) is 33.2 Å². The van der Waals surface area contributed by atoms with Crippen LogP contribution in [0.1, 0.15) is 44.2 Å². The number of thioether (sulfide) groups is 1. The van der Waals surface area contributed by atoms with Gasteiger partial charge in [-0.3, -0.25) is 9.36 Å². The van der Waals surface area contributed by atoms with Gasteiger partial charge in [0.1, 0.15) is 5.75 Å². The lowest BCUT2D eigenvalue weighted by atomic mass is 10.0. The smallest absolute Gasteiger partial charge is 0.234 e. The van der Waals surface area contributed by atoms with E-state index in [4.69, 9.17) is 14.2 Å². The van der Waals surface area contributed by atoms with E-state index < -0.39 is 0 Å². The number of fused-ring (bicyclic) bond motifs is 1. The average Bonchev–Trinajstić information content (AvgIpc) is 3.55. The van der Waals surface area contributed by atoms with Crippen molar-refractivity contribution in [3.8, 4) is 22.9 Å². The first-order valence-corrected chi connectivity index (χ1v) is 13.1. The second-order valence-corrected chi connectivity index (χ2v) is 9.84. The van der Waals surface area contributed by atoms with Crippen molar-refractivity contribution in [2.45, 2.75) is 37.9 Å². The van der Waals surface area contributed by atoms with E-state index in [9.17, 15) is 4.79 Å². The fourth-order valence-corrected chi connectivity index (χ4v) is 4.71. The van der Waals surface area contributed by atoms with Gasteiger partial charge in [-0.25, -0.2) is 0 Å². The third-order valence-corrected chi connectivity index (χ3v) is 6.81. The fourth-order valence-electron chi connectivity index (χ4n) is 3.95. The Kier molecular flexibility index (Phi) is 7.32. The number of hydrogen-bond donors (Lipinski definition) is 1. The molecule has 8 nitrogen and oxygen atoms in total. The third kappa shape index (κ3) is 5.72. The number of amides is 1. The van der Waals surface area contributed by atoms with Crippen LogP contribution in [0.25, 0.3) is 5.69 Å². The molecule has 1 aromatic heterocycles. The van der Waals surface area contributed by atoms with Gasteiger partial charge in [0.2, 0.25) is 12.7 Å². The number of benzene rings is 3. The summed E-state index contributed by atoms with van der Waals surface area (Å²) >= 11 is 1.31. The van der Waals surface area contributed by atoms with E-state index in [1.165, 1.54) is 17.3 Å². The van der Waals surface area contributed by atoms with Crippen LogP contribution in [-0.2, 0) is 4.79 Å². The maximum absolute atomic E-state index is 12.7. The largest absolute Gasteiger partial charge is 0.483 e. The molecule has 0 bridgehead atoms. The number of rotatable bonds is 9. The minimum atomic E-state index is -0.366. The molecule has 0 radical (unpaired) electrons. The number of nitrogens with zero attached hydrogens (tertiary/aromatic N) is 3. The van der Waals surface area contributed by atoms with Crippen molar-refractivity contribution in [1.29, 1.82) is 0 Å². The predicted molar refractivity (Wildman–Crippen MR) is 143 cm³/mol. The second kappa shape index (κ2) is 11.0. The fraction of sp³-hybridized carbons (Fsp3) is 0.250. The molecule has 2 heterocycles. The molecule has 1 N–H and O–H groups in total. The summed E-state index contributed by atoms with van der Waals surface area (Å²) in [6.07, 6.45) is -0.366. The van der Waals surface area contributed by atoms with Crippen molar-refractivity contribution in [2.24, 2.45) is 0 Å². The number of carbonyl (C=O) groups excluding carboxylic acids is 1. The van der Waals surface area contributed by atoms with Gasteiger partial charge in [-0.05, 0) is 54.8 Å². The summed E-state index contributed by atoms with van der Waals surface area (Å²) in [6.45, 7) is 6.46. The van der Waals surface area contributed by atoms with Crippen LogP contribution in [0.5, 0.6) is 17.2 Å². The van der Waals surface area contributed by atoms with E-state index >= 15 is 0 Å². The molecule has 0 saturated heterocycles. The Hall–Kier alpha value is -3.98. The van der Waals surface area contributed by atoms with Crippen LogP contribution in [0.3, 0.4) is 0 Å². The van der Waals surface area contributed by atoms with E-state index in [1.54, 1.807) is 18.2 Å². The maximum Gasteiger partial charge on any atom is 0.234 e. The summed E-state index contributed by atoms with van der Waals surface area (Å²) < 4.78 is 18.9. The lowest BCUT2D eigenvalue weighted by molar-refractivity contribution is -0.113. The average molecular weight is 517 g/mol. The molecule has 3 aromatic carbocycles. The van der Waals surface area contributed by atoms with Crippen LogP contribution in [0.2, 0.25) is 0 Å². The van der Waals surface area contributed by atoms with E-state index in [0.717, 1.165) is 11.4 Å². The lowest BCUT2D eigenvalue weighted by Crippen LogP contribution is -2.15. The van der Waals surface area contributed by atoms with Crippen molar-refractivity contribution in [1.82, 2.24) is 14.8 Å². The Morgan fingerprint density at radius 1 is 1.00 bits per heavy atom. The molecule has 1 atom stereocenters. The van der Waals surface area contributed by atoms with Gasteiger partial charge in [-0.2, -0.15) is 0 Å². The standard InChI is InChI=1S/C28H28N4O4S/c1-18(2)20-9-12-23(13-10-20)36-19(3)27-30-31-28(32(27)22-7-5-4-6-8-22)37-16-26(33)29-21-11-14-24-25(15-21)35-17-34-24/h4-15,18-19H,16-17H2,1-3H3,(H,29,33). The highest BCUT2D eigenvalue weighted by Crippen LogP contribution is 2.34. The Bertz CT molecular complexity index is 1370. The highest BCUT2D eigenvalue weighted by molar-refractivity contribution is 7.99. The minimum absolute atomic E-state index is 0.158. The first kappa shape index (κ1) is 24.7. The molecule has 190 valence electrons. The Morgan fingerprint density at radius 3 is 2.51 bits per heavy atom. The van der Waals surface area contributed by atoms with Gasteiger partial charge in [0.15, 0.2) is 28.6 Å². The zero-order valence-corrected chi connectivity index (χ0v) is 21.7. The Balaban J connectivity index is 1.31. The van der Waals surface area contributed by atoms with Crippen molar-refractivity contribution >= 4 is 23.4 Å². The van der Waals surface area contributed by atoms with Gasteiger partial charge in [0.05, 0.1) is 5.75 Å². The lowest BCUT2D eigenvalue weighted by Gasteiger charge is -2.17. The van der Waals surface area contributed by atoms with Gasteiger partial charge in [-0.15, -0.1) is 10.2 Å². The summed E-state index contributed by atoms with van der Waals surface area (Å²) in [5.74, 6) is 3.15. The van der Waals surface area contributed by atoms with Crippen LogP contribution >= 0.6 is 11.8 Å². The molecule has 1 unspecified atom stereocenters. The summed E-state index contributed by atoms with van der Waals surface area (Å²) in [4.78, 5) is 12.7. The quantitative estimate of drug-likeness (QED) is 0.273. The van der Waals surface area contributed by atoms with Crippen molar-refractivity contribution < 1.29 is 19.0 Å². The highest BCUT2D eigenvalue weighted by Gasteiger charge is 2.22. The van der Waals surface area contributed by atoms with E-state index in [-0.39, 0.29) is 24.6 Å². The van der Waals surface area contributed by atoms with Gasteiger partial charge >= 0.3 is 0 Å². The van der Waals surface area contributed by atoms with Crippen molar-refractivity contribution in [3.05, 3.63) is 84.2 Å². The van der Waals surface area contributed by atoms with Gasteiger partial charge in [-0.1, -0.05) is 55.9 Å². The number of anilines is 1. The molecule has 0 fully saturated rings. The first-order valence-electron chi connectivity index (χ1n) is 12.1. The van der Waals surface area contributed by atoms with Crippen molar-refractivity contribution in [2.75, 3.05) is 17.9 Å². The number of aromatic nitrogens is 3. The molecule has 4 aromatic rings. The Morgan fingerprint density at radius 2 is 1.76 bits per heavy atom. The molecular weight excluding hydrogens is 488 g/mol. The number of carbonyl (C=O) groups is 1. The van der Waals surface area contributed by atoms with Gasteiger partial charge in [0.25, 0.3) is 0 Å². The number of hydrogen-bond acceptors (Lipinski definition) is 7. The molecule has 1 aliphatic rings. The van der Waals surface area contributed by atoms with Crippen molar-refractivity contribution in [3.63, 3.8) is 0 Å². The monoisotopic (exact) mass is 516 g/mol. The second-order valence-electron chi connectivity index (χ2n) is 8.90. The summed E-state index contributed by atoms with van der Waals surface area (Å²) in [5.41, 5.74) is 2.79. The molecule has 9 heteroatoms. The van der Waals surface area contributed by atoms with Gasteiger partial charge in [0, 0.05) is 17.4 Å². The molecule has 37 heavy (non-hydrogen) atoms. The highest BCUT2D eigenvalue weighted by atomic mass is 32.2. The summed E-state index contributed by atoms with van der Waals surface area (Å²) in [7, 11) is 0. The van der Waals surface area contributed by atoms with Crippen LogP contribution in [0, 0.1) is 0 Å². The molecule has 0 spiro atoms. The number of ether oxygens (including phenoxy) is 3. The third-order valence-electron chi connectivity index (χ3n) is 5.88. The van der Waals surface area contributed by atoms with Crippen LogP contribution < -0.4 is 19.5 Å². The zero-order chi connectivity index (χ0) is 25.8. The molecule has 1 amide bonds. The molecule has 0 saturated carbocycles. The van der Waals surface area contributed by atoms with E-state index in [1.807, 2.05) is 54.0 Å². The van der Waals surface area contributed by atoms with Crippen LogP contribution in [0.15, 0.2) is 78.0 Å². The van der Waals surface area contributed by atoms with E-state index in [2.05, 4.69) is 41.5 Å².